The molecule has 0 aliphatic carbocycles. The molecule has 2 aromatic rings. The largest absolute Gasteiger partial charge is 0.446 e. The van der Waals surface area contributed by atoms with Crippen LogP contribution in [0.5, 0.6) is 0 Å². The number of carbonyl (C=O) groups excluding carboxylic acids is 1. The maximum Gasteiger partial charge on any atom is 0.410 e. The Morgan fingerprint density at radius 3 is 2.74 bits per heavy atom. The van der Waals surface area contributed by atoms with Crippen molar-refractivity contribution in [1.29, 1.82) is 0 Å². The Balaban J connectivity index is 1.65. The van der Waals surface area contributed by atoms with Crippen molar-refractivity contribution in [3.05, 3.63) is 53.2 Å². The summed E-state index contributed by atoms with van der Waals surface area (Å²) in [6.07, 6.45) is 3.15. The number of likely N-dealkylation sites (tertiary alicyclic amines) is 1. The van der Waals surface area contributed by atoms with Crippen molar-refractivity contribution >= 4 is 6.09 Å². The molecular weight excluding hydrogens is 344 g/mol. The number of amides is 1. The van der Waals surface area contributed by atoms with Crippen LogP contribution >= 0.6 is 0 Å². The van der Waals surface area contributed by atoms with E-state index in [1.54, 1.807) is 25.7 Å². The molecule has 1 amide bonds. The van der Waals surface area contributed by atoms with Crippen molar-refractivity contribution in [2.24, 2.45) is 0 Å². The van der Waals surface area contributed by atoms with Crippen LogP contribution in [0.3, 0.4) is 0 Å². The third kappa shape index (κ3) is 4.89. The number of aryl methyl sites for hydroxylation is 1. The van der Waals surface area contributed by atoms with E-state index in [1.807, 2.05) is 30.3 Å². The van der Waals surface area contributed by atoms with Gasteiger partial charge in [-0.15, -0.1) is 0 Å². The van der Waals surface area contributed by atoms with E-state index in [9.17, 15) is 9.90 Å². The van der Waals surface area contributed by atoms with E-state index in [0.717, 1.165) is 24.8 Å². The average molecular weight is 372 g/mol. The number of oxazole rings is 1. The number of benzene rings is 1. The lowest BCUT2D eigenvalue weighted by molar-refractivity contribution is 0.0663. The predicted molar refractivity (Wildman–Crippen MR) is 101 cm³/mol. The van der Waals surface area contributed by atoms with Crippen LogP contribution in [0, 0.1) is 6.92 Å². The van der Waals surface area contributed by atoms with E-state index in [1.165, 1.54) is 0 Å². The van der Waals surface area contributed by atoms with Gasteiger partial charge in [0.25, 0.3) is 0 Å². The van der Waals surface area contributed by atoms with Crippen LogP contribution in [-0.2, 0) is 23.4 Å². The molecule has 3 rings (SSSR count). The lowest BCUT2D eigenvalue weighted by Crippen LogP contribution is -2.45. The number of aromatic nitrogens is 1. The Labute approximate surface area is 160 Å². The molecule has 1 saturated heterocycles. The Bertz CT molecular complexity index is 764. The fourth-order valence-corrected chi connectivity index (χ4v) is 3.56. The molecule has 27 heavy (non-hydrogen) atoms. The molecule has 1 N–H and O–H groups in total. The molecule has 2 heterocycles. The highest BCUT2D eigenvalue weighted by Gasteiger charge is 2.31. The summed E-state index contributed by atoms with van der Waals surface area (Å²) in [4.78, 5) is 18.9. The summed E-state index contributed by atoms with van der Waals surface area (Å²) < 4.78 is 11.3. The molecule has 1 unspecified atom stereocenters. The zero-order valence-electron chi connectivity index (χ0n) is 16.3. The molecule has 0 saturated carbocycles. The summed E-state index contributed by atoms with van der Waals surface area (Å²) in [6.45, 7) is 6.13. The number of hydrogen-bond acceptors (Lipinski definition) is 5. The van der Waals surface area contributed by atoms with Gasteiger partial charge < -0.3 is 19.2 Å². The average Bonchev–Trinajstić information content (AvgIpc) is 3.02. The van der Waals surface area contributed by atoms with Crippen LogP contribution in [0.25, 0.3) is 0 Å². The quantitative estimate of drug-likeness (QED) is 0.860. The highest BCUT2D eigenvalue weighted by Crippen LogP contribution is 2.26. The molecule has 0 spiro atoms. The molecule has 0 radical (unpaired) electrons. The second-order valence-corrected chi connectivity index (χ2v) is 7.66. The molecular formula is C21H28N2O4. The molecule has 1 aromatic carbocycles. The number of nitrogens with zero attached hydrogens (tertiary/aromatic N) is 2. The molecule has 6 nitrogen and oxygen atoms in total. The summed E-state index contributed by atoms with van der Waals surface area (Å²) in [5.74, 6) is 1.17. The van der Waals surface area contributed by atoms with Gasteiger partial charge in [-0.3, -0.25) is 0 Å². The van der Waals surface area contributed by atoms with E-state index >= 15 is 0 Å². The van der Waals surface area contributed by atoms with E-state index in [4.69, 9.17) is 9.15 Å². The first kappa shape index (κ1) is 19.4. The molecule has 1 aliphatic rings. The number of aliphatic hydroxyl groups is 1. The van der Waals surface area contributed by atoms with Gasteiger partial charge in [-0.1, -0.05) is 30.3 Å². The maximum absolute atomic E-state index is 12.6. The van der Waals surface area contributed by atoms with Crippen LogP contribution < -0.4 is 0 Å². The number of piperidine rings is 1. The maximum atomic E-state index is 12.6. The third-order valence-corrected chi connectivity index (χ3v) is 4.90. The smallest absolute Gasteiger partial charge is 0.410 e. The summed E-state index contributed by atoms with van der Waals surface area (Å²) in [7, 11) is 0. The van der Waals surface area contributed by atoms with Gasteiger partial charge in [0.05, 0.1) is 0 Å². The fraction of sp³-hybridized carbons (Fsp3) is 0.524. The van der Waals surface area contributed by atoms with Gasteiger partial charge in [0, 0.05) is 19.0 Å². The predicted octanol–water partition coefficient (Wildman–Crippen LogP) is 3.94. The summed E-state index contributed by atoms with van der Waals surface area (Å²) in [6, 6.07) is 9.67. The zero-order valence-corrected chi connectivity index (χ0v) is 16.3. The minimum atomic E-state index is -1.05. The van der Waals surface area contributed by atoms with Crippen LogP contribution in [0.1, 0.15) is 56.0 Å². The van der Waals surface area contributed by atoms with Crippen molar-refractivity contribution in [2.75, 3.05) is 6.54 Å². The molecule has 146 valence electrons. The highest BCUT2D eigenvalue weighted by molar-refractivity contribution is 5.68. The van der Waals surface area contributed by atoms with E-state index in [2.05, 4.69) is 4.98 Å². The minimum absolute atomic E-state index is 0.00488. The number of rotatable bonds is 5. The van der Waals surface area contributed by atoms with Gasteiger partial charge in [-0.25, -0.2) is 9.78 Å². The van der Waals surface area contributed by atoms with Crippen molar-refractivity contribution in [2.45, 2.75) is 64.7 Å². The topological polar surface area (TPSA) is 75.8 Å². The first-order chi connectivity index (χ1) is 12.8. The van der Waals surface area contributed by atoms with Crippen LogP contribution in [0.2, 0.25) is 0 Å². The molecule has 1 aliphatic heterocycles. The Hall–Kier alpha value is -2.34. The third-order valence-electron chi connectivity index (χ3n) is 4.90. The Morgan fingerprint density at radius 2 is 2.07 bits per heavy atom. The van der Waals surface area contributed by atoms with Gasteiger partial charge in [-0.05, 0) is 45.6 Å². The SMILES string of the molecule is Cc1oc(CC2CCCCN2C(=O)OCc2ccccc2)nc1C(C)(C)O. The lowest BCUT2D eigenvalue weighted by atomic mass is 10.00. The fourth-order valence-electron chi connectivity index (χ4n) is 3.56. The molecule has 1 aromatic heterocycles. The standard InChI is InChI=1S/C21H28N2O4/c1-15-19(21(2,3)25)22-18(27-15)13-17-11-7-8-12-23(17)20(24)26-14-16-9-5-4-6-10-16/h4-6,9-10,17,25H,7-8,11-14H2,1-3H3. The molecule has 0 bridgehead atoms. The normalized spacial score (nSPS) is 17.8. The monoisotopic (exact) mass is 372 g/mol. The summed E-state index contributed by atoms with van der Waals surface area (Å²) in [5, 5.41) is 10.2. The minimum Gasteiger partial charge on any atom is -0.446 e. The Morgan fingerprint density at radius 1 is 1.33 bits per heavy atom. The van der Waals surface area contributed by atoms with Crippen molar-refractivity contribution < 1.29 is 19.1 Å². The van der Waals surface area contributed by atoms with E-state index in [0.29, 0.717) is 30.3 Å². The van der Waals surface area contributed by atoms with Gasteiger partial charge >= 0.3 is 6.09 Å². The number of ether oxygens (including phenoxy) is 1. The van der Waals surface area contributed by atoms with Gasteiger partial charge in [-0.2, -0.15) is 0 Å². The summed E-state index contributed by atoms with van der Waals surface area (Å²) in [5.41, 5.74) is 0.469. The van der Waals surface area contributed by atoms with Crippen molar-refractivity contribution in [3.8, 4) is 0 Å². The second-order valence-electron chi connectivity index (χ2n) is 7.66. The molecule has 1 atom stereocenters. The van der Waals surface area contributed by atoms with Gasteiger partial charge in [0.1, 0.15) is 23.7 Å². The highest BCUT2D eigenvalue weighted by atomic mass is 16.6. The second kappa shape index (κ2) is 8.13. The van der Waals surface area contributed by atoms with Crippen LogP contribution in [-0.4, -0.2) is 33.7 Å². The van der Waals surface area contributed by atoms with Crippen molar-refractivity contribution in [1.82, 2.24) is 9.88 Å². The van der Waals surface area contributed by atoms with Crippen LogP contribution in [0.4, 0.5) is 4.79 Å². The summed E-state index contributed by atoms with van der Waals surface area (Å²) >= 11 is 0. The van der Waals surface area contributed by atoms with E-state index < -0.39 is 5.60 Å². The first-order valence-electron chi connectivity index (χ1n) is 9.51. The Kier molecular flexibility index (Phi) is 5.85. The first-order valence-corrected chi connectivity index (χ1v) is 9.51. The lowest BCUT2D eigenvalue weighted by Gasteiger charge is -2.34. The molecule has 1 fully saturated rings. The van der Waals surface area contributed by atoms with Gasteiger partial charge in [0.2, 0.25) is 0 Å². The van der Waals surface area contributed by atoms with Crippen LogP contribution in [0.15, 0.2) is 34.7 Å². The van der Waals surface area contributed by atoms with Gasteiger partial charge in [0.15, 0.2) is 5.89 Å². The van der Waals surface area contributed by atoms with Crippen molar-refractivity contribution in [3.63, 3.8) is 0 Å². The van der Waals surface area contributed by atoms with E-state index in [-0.39, 0.29) is 18.7 Å². The number of carbonyl (C=O) groups is 1. The number of hydrogen-bond donors (Lipinski definition) is 1. The molecule has 6 heteroatoms. The zero-order chi connectivity index (χ0) is 19.4.